The molecule has 3 aromatic rings. The molecular weight excluding hydrogens is 552 g/mol. The second kappa shape index (κ2) is 11.9. The lowest BCUT2D eigenvalue weighted by Crippen LogP contribution is -2.49. The van der Waals surface area contributed by atoms with Gasteiger partial charge in [-0.1, -0.05) is 41.9 Å². The van der Waals surface area contributed by atoms with Gasteiger partial charge in [0, 0.05) is 22.8 Å². The van der Waals surface area contributed by atoms with Crippen LogP contribution in [0.3, 0.4) is 0 Å². The quantitative estimate of drug-likeness (QED) is 0.124. The Morgan fingerprint density at radius 3 is 2.48 bits per heavy atom. The average Bonchev–Trinajstić information content (AvgIpc) is 2.92. The lowest BCUT2D eigenvalue weighted by Gasteiger charge is -2.40. The van der Waals surface area contributed by atoms with E-state index in [1.54, 1.807) is 62.4 Å². The summed E-state index contributed by atoms with van der Waals surface area (Å²) in [6.07, 6.45) is 0.613. The molecule has 0 saturated heterocycles. The summed E-state index contributed by atoms with van der Waals surface area (Å²) in [6, 6.07) is 20.9. The van der Waals surface area contributed by atoms with Crippen molar-refractivity contribution in [2.75, 3.05) is 11.9 Å². The predicted octanol–water partition coefficient (Wildman–Crippen LogP) is 4.17. The Hall–Kier alpha value is -4.13. The van der Waals surface area contributed by atoms with E-state index in [1.165, 1.54) is 18.2 Å². The fourth-order valence-corrected chi connectivity index (χ4v) is 5.73. The second-order valence-electron chi connectivity index (χ2n) is 9.56. The Morgan fingerprint density at radius 2 is 1.82 bits per heavy atom. The molecule has 0 fully saturated rings. The van der Waals surface area contributed by atoms with E-state index in [4.69, 9.17) is 16.3 Å². The molecule has 0 bridgehead atoms. The highest BCUT2D eigenvalue weighted by Crippen LogP contribution is 2.43. The van der Waals surface area contributed by atoms with E-state index in [9.17, 15) is 24.0 Å². The number of nitrogens with one attached hydrogen (secondary N) is 2. The molecule has 1 aliphatic heterocycles. The highest BCUT2D eigenvalue weighted by Gasteiger charge is 2.44. The third kappa shape index (κ3) is 6.36. The zero-order chi connectivity index (χ0) is 28.9. The van der Waals surface area contributed by atoms with Crippen LogP contribution in [0.1, 0.15) is 31.0 Å². The number of hydrogen-bond donors (Lipinski definition) is 3. The van der Waals surface area contributed by atoms with Gasteiger partial charge in [0.1, 0.15) is 30.0 Å². The first-order valence-corrected chi connectivity index (χ1v) is 14.0. The number of aliphatic imine (C=N–C) groups is 1. The molecule has 2 unspecified atom stereocenters. The van der Waals surface area contributed by atoms with Crippen molar-refractivity contribution in [2.24, 2.45) is 4.99 Å². The lowest BCUT2D eigenvalue weighted by atomic mass is 9.87. The van der Waals surface area contributed by atoms with Gasteiger partial charge in [-0.05, 0) is 61.9 Å². The molecule has 0 radical (unpaired) electrons. The van der Waals surface area contributed by atoms with Gasteiger partial charge in [-0.2, -0.15) is 14.8 Å². The summed E-state index contributed by atoms with van der Waals surface area (Å²) in [5, 5.41) is 35.9. The molecule has 2 atom stereocenters. The fourth-order valence-electron chi connectivity index (χ4n) is 4.24. The van der Waals surface area contributed by atoms with E-state index < -0.39 is 27.8 Å². The van der Waals surface area contributed by atoms with Crippen molar-refractivity contribution in [2.45, 2.75) is 43.0 Å². The van der Waals surface area contributed by atoms with Crippen LogP contribution in [0.25, 0.3) is 0 Å². The van der Waals surface area contributed by atoms with Crippen molar-refractivity contribution in [3.05, 3.63) is 88.9 Å². The fraction of sp³-hybridized carbons (Fsp3) is 0.250. The van der Waals surface area contributed by atoms with Crippen molar-refractivity contribution >= 4 is 33.3 Å². The Balaban J connectivity index is 1.76. The van der Waals surface area contributed by atoms with Crippen LogP contribution in [-0.2, 0) is 16.6 Å². The van der Waals surface area contributed by atoms with Crippen LogP contribution in [0, 0.1) is 22.8 Å². The topological polar surface area (TPSA) is 151 Å². The average molecular weight is 579 g/mol. The number of anilines is 1. The Labute approximate surface area is 238 Å². The molecule has 0 spiro atoms. The zero-order valence-electron chi connectivity index (χ0n) is 21.7. The number of halogens is 1. The van der Waals surface area contributed by atoms with Crippen molar-refractivity contribution in [1.82, 2.24) is 9.62 Å². The van der Waals surface area contributed by atoms with Gasteiger partial charge >= 0.3 is 0 Å². The first-order valence-electron chi connectivity index (χ1n) is 12.2. The normalized spacial score (nSPS) is 18.1. The van der Waals surface area contributed by atoms with E-state index in [-0.39, 0.29) is 23.9 Å². The maximum absolute atomic E-state index is 13.7. The predicted molar refractivity (Wildman–Crippen MR) is 151 cm³/mol. The van der Waals surface area contributed by atoms with Gasteiger partial charge in [0.25, 0.3) is 0 Å². The summed E-state index contributed by atoms with van der Waals surface area (Å²) in [5.41, 5.74) is 0.526. The van der Waals surface area contributed by atoms with E-state index in [2.05, 4.69) is 15.6 Å². The summed E-state index contributed by atoms with van der Waals surface area (Å²) < 4.78 is 34.4. The van der Waals surface area contributed by atoms with Crippen LogP contribution in [-0.4, -0.2) is 42.0 Å². The SMILES string of the molecule is CC1(C)Oc2ccc(S(=O)(=O)N(CC#N)Cc3ccccc3)cc2C(N=C(NC#N)Nc2ccc(Cl)cc2)C1O. The third-order valence-corrected chi connectivity index (χ3v) is 8.36. The van der Waals surface area contributed by atoms with Gasteiger partial charge in [0.15, 0.2) is 6.19 Å². The molecule has 0 amide bonds. The van der Waals surface area contributed by atoms with Gasteiger partial charge in [-0.3, -0.25) is 5.32 Å². The molecular formula is C28H27ClN6O4S. The number of guanidine groups is 1. The number of nitriles is 2. The van der Waals surface area contributed by atoms with Crippen molar-refractivity contribution < 1.29 is 18.3 Å². The molecule has 206 valence electrons. The molecule has 1 heterocycles. The summed E-state index contributed by atoms with van der Waals surface area (Å²) >= 11 is 5.97. The molecule has 4 rings (SSSR count). The van der Waals surface area contributed by atoms with Crippen LogP contribution in [0.15, 0.2) is 82.7 Å². The first-order chi connectivity index (χ1) is 19.0. The number of benzene rings is 3. The van der Waals surface area contributed by atoms with E-state index in [0.29, 0.717) is 22.0 Å². The minimum absolute atomic E-state index is 0.00278. The van der Waals surface area contributed by atoms with Gasteiger partial charge < -0.3 is 15.2 Å². The maximum Gasteiger partial charge on any atom is 0.244 e. The molecule has 10 nitrogen and oxygen atoms in total. The number of aliphatic hydroxyl groups excluding tert-OH is 1. The van der Waals surface area contributed by atoms with E-state index in [0.717, 1.165) is 9.87 Å². The number of sulfonamides is 1. The third-order valence-electron chi connectivity index (χ3n) is 6.32. The smallest absolute Gasteiger partial charge is 0.244 e. The highest BCUT2D eigenvalue weighted by molar-refractivity contribution is 7.89. The summed E-state index contributed by atoms with van der Waals surface area (Å²) in [7, 11) is -4.13. The molecule has 0 aliphatic carbocycles. The van der Waals surface area contributed by atoms with Crippen LogP contribution in [0.5, 0.6) is 5.75 Å². The van der Waals surface area contributed by atoms with Crippen LogP contribution in [0.2, 0.25) is 5.02 Å². The summed E-state index contributed by atoms with van der Waals surface area (Å²) in [6.45, 7) is 3.02. The van der Waals surface area contributed by atoms with Gasteiger partial charge in [0.05, 0.1) is 11.0 Å². The number of hydrogen-bond acceptors (Lipinski definition) is 7. The van der Waals surface area contributed by atoms with Gasteiger partial charge in [-0.25, -0.2) is 13.4 Å². The molecule has 1 aliphatic rings. The van der Waals surface area contributed by atoms with Gasteiger partial charge in [-0.15, -0.1) is 0 Å². The number of aliphatic hydroxyl groups is 1. The van der Waals surface area contributed by atoms with Crippen molar-refractivity contribution in [1.29, 1.82) is 10.5 Å². The lowest BCUT2D eigenvalue weighted by molar-refractivity contribution is -0.0568. The van der Waals surface area contributed by atoms with Crippen molar-refractivity contribution in [3.63, 3.8) is 0 Å². The molecule has 3 aromatic carbocycles. The van der Waals surface area contributed by atoms with Crippen LogP contribution in [0.4, 0.5) is 5.69 Å². The van der Waals surface area contributed by atoms with E-state index in [1.807, 2.05) is 18.3 Å². The number of nitrogens with zero attached hydrogens (tertiary/aromatic N) is 4. The minimum atomic E-state index is -4.13. The van der Waals surface area contributed by atoms with Crippen LogP contribution < -0.4 is 15.4 Å². The number of rotatable bonds is 7. The highest BCUT2D eigenvalue weighted by atomic mass is 35.5. The Morgan fingerprint density at radius 1 is 1.12 bits per heavy atom. The molecule has 0 aromatic heterocycles. The molecule has 40 heavy (non-hydrogen) atoms. The Bertz CT molecular complexity index is 1580. The van der Waals surface area contributed by atoms with Crippen LogP contribution >= 0.6 is 11.6 Å². The number of fused-ring (bicyclic) bond motifs is 1. The minimum Gasteiger partial charge on any atom is -0.485 e. The second-order valence-corrected chi connectivity index (χ2v) is 11.9. The van der Waals surface area contributed by atoms with Crippen molar-refractivity contribution in [3.8, 4) is 18.0 Å². The summed E-state index contributed by atoms with van der Waals surface area (Å²) in [4.78, 5) is 4.49. The molecule has 3 N–H and O–H groups in total. The number of ether oxygens (including phenoxy) is 1. The maximum atomic E-state index is 13.7. The van der Waals surface area contributed by atoms with Gasteiger partial charge in [0.2, 0.25) is 16.0 Å². The standard InChI is InChI=1S/C28H27ClN6O4S/c1-28(2)26(36)25(34-27(32-18-31)33-21-10-8-20(29)9-11-21)23-16-22(12-13-24(23)39-28)40(37,38)35(15-14-30)17-19-6-4-3-5-7-19/h3-13,16,25-26,36H,15,17H2,1-2H3,(H2,32,33,34). The summed E-state index contributed by atoms with van der Waals surface area (Å²) in [5.74, 6) is 0.363. The molecule has 0 saturated carbocycles. The first kappa shape index (κ1) is 28.9. The monoisotopic (exact) mass is 578 g/mol. The van der Waals surface area contributed by atoms with E-state index >= 15 is 0 Å². The Kier molecular flexibility index (Phi) is 8.62. The molecule has 12 heteroatoms. The zero-order valence-corrected chi connectivity index (χ0v) is 23.3. The largest absolute Gasteiger partial charge is 0.485 e.